The maximum Gasteiger partial charge on any atom is 0.272 e. The zero-order valence-electron chi connectivity index (χ0n) is 13.0. The first kappa shape index (κ1) is 17.2. The Morgan fingerprint density at radius 2 is 1.72 bits per heavy atom. The molecule has 0 atom stereocenters. The normalized spacial score (nSPS) is 10.3. The second kappa shape index (κ2) is 7.96. The van der Waals surface area contributed by atoms with Crippen molar-refractivity contribution in [2.24, 2.45) is 0 Å². The average molecular weight is 373 g/mol. The molecule has 0 saturated carbocycles. The maximum absolute atomic E-state index is 12.1. The van der Waals surface area contributed by atoms with E-state index in [1.807, 2.05) is 30.3 Å². The van der Waals surface area contributed by atoms with Gasteiger partial charge >= 0.3 is 0 Å². The van der Waals surface area contributed by atoms with Gasteiger partial charge in [0, 0.05) is 6.54 Å². The predicted molar refractivity (Wildman–Crippen MR) is 99.4 cm³/mol. The molecule has 25 heavy (non-hydrogen) atoms. The van der Waals surface area contributed by atoms with Crippen LogP contribution < -0.4 is 10.6 Å². The molecule has 0 aliphatic rings. The van der Waals surface area contributed by atoms with Gasteiger partial charge < -0.3 is 10.6 Å². The highest BCUT2D eigenvalue weighted by molar-refractivity contribution is 6.43. The summed E-state index contributed by atoms with van der Waals surface area (Å²) in [4.78, 5) is 12.1. The lowest BCUT2D eigenvalue weighted by atomic mass is 10.2. The molecule has 0 aliphatic carbocycles. The summed E-state index contributed by atoms with van der Waals surface area (Å²) >= 11 is 12.1. The number of halogens is 2. The third kappa shape index (κ3) is 4.47. The third-order valence-electron chi connectivity index (χ3n) is 3.41. The summed E-state index contributed by atoms with van der Waals surface area (Å²) in [5.41, 5.74) is 1.86. The topological polar surface area (TPSA) is 66.9 Å². The number of hydrogen-bond acceptors (Lipinski definition) is 4. The molecule has 3 aromatic rings. The first-order valence-corrected chi connectivity index (χ1v) is 8.26. The van der Waals surface area contributed by atoms with Crippen LogP contribution >= 0.6 is 23.2 Å². The summed E-state index contributed by atoms with van der Waals surface area (Å²) in [7, 11) is 0. The van der Waals surface area contributed by atoms with Crippen molar-refractivity contribution in [1.82, 2.24) is 15.5 Å². The number of nitrogens with zero attached hydrogens (tertiary/aromatic N) is 2. The van der Waals surface area contributed by atoms with Crippen molar-refractivity contribution in [3.63, 3.8) is 0 Å². The van der Waals surface area contributed by atoms with E-state index in [9.17, 15) is 4.79 Å². The predicted octanol–water partition coefficient (Wildman–Crippen LogP) is 4.46. The monoisotopic (exact) mass is 372 g/mol. The summed E-state index contributed by atoms with van der Waals surface area (Å²) in [6.07, 6.45) is 0. The van der Waals surface area contributed by atoms with Gasteiger partial charge in [0.05, 0.1) is 15.7 Å². The summed E-state index contributed by atoms with van der Waals surface area (Å²) in [6, 6.07) is 18.1. The van der Waals surface area contributed by atoms with Gasteiger partial charge in [-0.05, 0) is 29.8 Å². The fourth-order valence-electron chi connectivity index (χ4n) is 2.13. The molecule has 0 fully saturated rings. The van der Waals surface area contributed by atoms with E-state index in [1.54, 1.807) is 30.3 Å². The molecule has 0 spiro atoms. The number of rotatable bonds is 5. The molecule has 0 bridgehead atoms. The van der Waals surface area contributed by atoms with Crippen molar-refractivity contribution in [2.75, 3.05) is 5.32 Å². The molecule has 2 aromatic carbocycles. The summed E-state index contributed by atoms with van der Waals surface area (Å²) in [5, 5.41) is 14.6. The minimum absolute atomic E-state index is 0.235. The van der Waals surface area contributed by atoms with Crippen molar-refractivity contribution in [3.8, 4) is 0 Å². The molecular weight excluding hydrogens is 359 g/mol. The standard InChI is InChI=1S/C18H14Cl2N4O/c19-13-7-4-8-14(17(13)20)22-16-10-9-15(23-24-16)18(25)21-11-12-5-2-1-3-6-12/h1-10H,11H2,(H,21,25)(H,22,24). The van der Waals surface area contributed by atoms with Crippen LogP contribution in [0.4, 0.5) is 11.5 Å². The zero-order chi connectivity index (χ0) is 17.6. The van der Waals surface area contributed by atoms with Crippen LogP contribution in [-0.2, 0) is 6.54 Å². The number of anilines is 2. The third-order valence-corrected chi connectivity index (χ3v) is 4.23. The van der Waals surface area contributed by atoms with Crippen LogP contribution in [0.5, 0.6) is 0 Å². The van der Waals surface area contributed by atoms with Crippen LogP contribution in [0.15, 0.2) is 60.7 Å². The van der Waals surface area contributed by atoms with Crippen LogP contribution in [0.1, 0.15) is 16.1 Å². The number of carbonyl (C=O) groups excluding carboxylic acids is 1. The van der Waals surface area contributed by atoms with Gasteiger partial charge in [-0.1, -0.05) is 59.6 Å². The lowest BCUT2D eigenvalue weighted by Gasteiger charge is -2.08. The SMILES string of the molecule is O=C(NCc1ccccc1)c1ccc(Nc2cccc(Cl)c2Cl)nn1. The van der Waals surface area contributed by atoms with Crippen molar-refractivity contribution >= 4 is 40.6 Å². The Morgan fingerprint density at radius 3 is 2.44 bits per heavy atom. The first-order valence-electron chi connectivity index (χ1n) is 7.50. The van der Waals surface area contributed by atoms with Crippen molar-refractivity contribution in [2.45, 2.75) is 6.54 Å². The lowest BCUT2D eigenvalue weighted by Crippen LogP contribution is -2.24. The maximum atomic E-state index is 12.1. The van der Waals surface area contributed by atoms with Gasteiger partial charge in [-0.2, -0.15) is 0 Å². The van der Waals surface area contributed by atoms with Gasteiger partial charge in [0.25, 0.3) is 5.91 Å². The van der Waals surface area contributed by atoms with Crippen LogP contribution in [0, 0.1) is 0 Å². The fraction of sp³-hybridized carbons (Fsp3) is 0.0556. The van der Waals surface area contributed by atoms with E-state index in [2.05, 4.69) is 20.8 Å². The Balaban J connectivity index is 1.63. The largest absolute Gasteiger partial charge is 0.347 e. The lowest BCUT2D eigenvalue weighted by molar-refractivity contribution is 0.0945. The van der Waals surface area contributed by atoms with Crippen molar-refractivity contribution < 1.29 is 4.79 Å². The minimum atomic E-state index is -0.288. The highest BCUT2D eigenvalue weighted by Crippen LogP contribution is 2.31. The van der Waals surface area contributed by atoms with E-state index < -0.39 is 0 Å². The molecule has 0 unspecified atom stereocenters. The number of nitrogens with one attached hydrogen (secondary N) is 2. The second-order valence-electron chi connectivity index (χ2n) is 5.20. The highest BCUT2D eigenvalue weighted by atomic mass is 35.5. The minimum Gasteiger partial charge on any atom is -0.347 e. The first-order chi connectivity index (χ1) is 12.1. The van der Waals surface area contributed by atoms with Crippen molar-refractivity contribution in [1.29, 1.82) is 0 Å². The number of hydrogen-bond donors (Lipinski definition) is 2. The smallest absolute Gasteiger partial charge is 0.272 e. The molecule has 3 rings (SSSR count). The van der Waals surface area contributed by atoms with E-state index in [0.717, 1.165) is 5.56 Å². The molecule has 2 N–H and O–H groups in total. The summed E-state index contributed by atoms with van der Waals surface area (Å²) < 4.78 is 0. The van der Waals surface area contributed by atoms with Gasteiger partial charge in [0.1, 0.15) is 0 Å². The van der Waals surface area contributed by atoms with Crippen LogP contribution in [0.25, 0.3) is 0 Å². The van der Waals surface area contributed by atoms with Gasteiger partial charge in [-0.3, -0.25) is 4.79 Å². The van der Waals surface area contributed by atoms with Gasteiger partial charge in [0.15, 0.2) is 11.5 Å². The molecular formula is C18H14Cl2N4O. The number of benzene rings is 2. The number of amides is 1. The Hall–Kier alpha value is -2.63. The van der Waals surface area contributed by atoms with E-state index in [4.69, 9.17) is 23.2 Å². The van der Waals surface area contributed by atoms with Crippen LogP contribution in [0.3, 0.4) is 0 Å². The van der Waals surface area contributed by atoms with E-state index >= 15 is 0 Å². The quantitative estimate of drug-likeness (QED) is 0.693. The van der Waals surface area contributed by atoms with E-state index in [0.29, 0.717) is 28.1 Å². The molecule has 0 aliphatic heterocycles. The zero-order valence-corrected chi connectivity index (χ0v) is 14.6. The highest BCUT2D eigenvalue weighted by Gasteiger charge is 2.09. The summed E-state index contributed by atoms with van der Waals surface area (Å²) in [5.74, 6) is 0.174. The Bertz CT molecular complexity index is 870. The molecule has 0 saturated heterocycles. The average Bonchev–Trinajstić information content (AvgIpc) is 2.65. The Kier molecular flexibility index (Phi) is 5.48. The van der Waals surface area contributed by atoms with Crippen molar-refractivity contribution in [3.05, 3.63) is 82.0 Å². The summed E-state index contributed by atoms with van der Waals surface area (Å²) in [6.45, 7) is 0.430. The second-order valence-corrected chi connectivity index (χ2v) is 5.98. The molecule has 1 amide bonds. The molecule has 1 heterocycles. The van der Waals surface area contributed by atoms with Gasteiger partial charge in [0.2, 0.25) is 0 Å². The molecule has 1 aromatic heterocycles. The van der Waals surface area contributed by atoms with Gasteiger partial charge in [-0.25, -0.2) is 0 Å². The molecule has 7 heteroatoms. The molecule has 126 valence electrons. The van der Waals surface area contributed by atoms with Crippen LogP contribution in [-0.4, -0.2) is 16.1 Å². The Labute approximate surface area is 155 Å². The molecule has 5 nitrogen and oxygen atoms in total. The Morgan fingerprint density at radius 1 is 0.920 bits per heavy atom. The van der Waals surface area contributed by atoms with E-state index in [-0.39, 0.29) is 11.6 Å². The number of aromatic nitrogens is 2. The number of carbonyl (C=O) groups is 1. The van der Waals surface area contributed by atoms with Gasteiger partial charge in [-0.15, -0.1) is 10.2 Å². The molecule has 0 radical (unpaired) electrons. The van der Waals surface area contributed by atoms with E-state index in [1.165, 1.54) is 0 Å². The van der Waals surface area contributed by atoms with Crippen LogP contribution in [0.2, 0.25) is 10.0 Å². The fourth-order valence-corrected chi connectivity index (χ4v) is 2.47.